The number of benzene rings is 1. The lowest BCUT2D eigenvalue weighted by Crippen LogP contribution is -2.45. The zero-order valence-electron chi connectivity index (χ0n) is 20.5. The first-order valence-corrected chi connectivity index (χ1v) is 10.8. The number of carbonyl (C=O) groups excluding carboxylic acids is 1. The third-order valence-electron chi connectivity index (χ3n) is 6.49. The number of rotatable bonds is 6. The van der Waals surface area contributed by atoms with Crippen molar-refractivity contribution in [2.45, 2.75) is 107 Å². The Morgan fingerprint density at radius 1 is 0.857 bits per heavy atom. The number of hydrogen-bond acceptors (Lipinski definition) is 2. The van der Waals surface area contributed by atoms with Gasteiger partial charge in [0.2, 0.25) is 0 Å². The molecule has 1 unspecified atom stereocenters. The third kappa shape index (κ3) is 5.61. The average Bonchev–Trinajstić information content (AvgIpc) is 2.51. The van der Waals surface area contributed by atoms with Gasteiger partial charge in [-0.25, -0.2) is 0 Å². The van der Waals surface area contributed by atoms with E-state index in [2.05, 4.69) is 89.2 Å². The average molecular weight is 389 g/mol. The summed E-state index contributed by atoms with van der Waals surface area (Å²) in [4.78, 5) is 13.5. The van der Waals surface area contributed by atoms with Crippen LogP contribution in [0.25, 0.3) is 0 Å². The quantitative estimate of drug-likeness (QED) is 0.369. The Labute approximate surface area is 174 Å². The van der Waals surface area contributed by atoms with Gasteiger partial charge in [-0.3, -0.25) is 4.79 Å². The van der Waals surface area contributed by atoms with Gasteiger partial charge in [-0.2, -0.15) is 0 Å². The zero-order valence-corrected chi connectivity index (χ0v) is 20.5. The second-order valence-corrected chi connectivity index (χ2v) is 11.8. The van der Waals surface area contributed by atoms with E-state index in [0.29, 0.717) is 11.7 Å². The number of carbonyl (C=O) groups is 1. The van der Waals surface area contributed by atoms with Gasteiger partial charge in [0.15, 0.2) is 0 Å². The van der Waals surface area contributed by atoms with E-state index in [0.717, 1.165) is 12.8 Å². The fourth-order valence-electron chi connectivity index (χ4n) is 3.59. The van der Waals surface area contributed by atoms with Crippen LogP contribution in [0.5, 0.6) is 5.75 Å². The molecule has 0 spiro atoms. The molecule has 0 bridgehead atoms. The summed E-state index contributed by atoms with van der Waals surface area (Å²) in [6.45, 7) is 26.1. The summed E-state index contributed by atoms with van der Waals surface area (Å²) in [6.07, 6.45) is 1.75. The van der Waals surface area contributed by atoms with Crippen molar-refractivity contribution in [3.8, 4) is 5.75 Å². The van der Waals surface area contributed by atoms with Gasteiger partial charge in [0, 0.05) is 0 Å². The maximum absolute atomic E-state index is 13.5. The fraction of sp³-hybridized carbons (Fsp3) is 0.731. The summed E-state index contributed by atoms with van der Waals surface area (Å²) in [5.74, 6) is 0.984. The second kappa shape index (κ2) is 8.20. The number of ether oxygens (including phenoxy) is 1. The van der Waals surface area contributed by atoms with Gasteiger partial charge in [-0.05, 0) is 65.2 Å². The standard InChI is InChI=1S/C26H44O2/c1-13-25(10,11)26(12,17-18(2)3)22(27)28-21-15-19(23(4,5)6)14-20(16-21)24(7,8)9/h14-16,18H,13,17H2,1-12H3. The first-order valence-electron chi connectivity index (χ1n) is 10.8. The Hall–Kier alpha value is -1.31. The van der Waals surface area contributed by atoms with Crippen LogP contribution in [0.2, 0.25) is 0 Å². The topological polar surface area (TPSA) is 26.3 Å². The van der Waals surface area contributed by atoms with Crippen LogP contribution in [0.1, 0.15) is 107 Å². The van der Waals surface area contributed by atoms with Crippen LogP contribution in [0.3, 0.4) is 0 Å². The van der Waals surface area contributed by atoms with Crippen molar-refractivity contribution < 1.29 is 9.53 Å². The molecule has 2 heteroatoms. The molecule has 0 aliphatic heterocycles. The molecular formula is C26H44O2. The molecule has 0 aliphatic carbocycles. The van der Waals surface area contributed by atoms with Gasteiger partial charge in [0.05, 0.1) is 5.41 Å². The van der Waals surface area contributed by atoms with Crippen molar-refractivity contribution in [1.82, 2.24) is 0 Å². The van der Waals surface area contributed by atoms with Crippen molar-refractivity contribution >= 4 is 5.97 Å². The molecule has 1 aromatic carbocycles. The molecule has 2 nitrogen and oxygen atoms in total. The Morgan fingerprint density at radius 3 is 1.61 bits per heavy atom. The van der Waals surface area contributed by atoms with Crippen LogP contribution < -0.4 is 4.74 Å². The molecule has 28 heavy (non-hydrogen) atoms. The van der Waals surface area contributed by atoms with E-state index in [1.807, 2.05) is 12.1 Å². The lowest BCUT2D eigenvalue weighted by Gasteiger charge is -2.43. The van der Waals surface area contributed by atoms with Crippen molar-refractivity contribution in [2.75, 3.05) is 0 Å². The maximum Gasteiger partial charge on any atom is 0.317 e. The van der Waals surface area contributed by atoms with E-state index in [-0.39, 0.29) is 22.2 Å². The van der Waals surface area contributed by atoms with Crippen LogP contribution in [0, 0.1) is 16.7 Å². The van der Waals surface area contributed by atoms with Crippen LogP contribution in [-0.2, 0) is 15.6 Å². The van der Waals surface area contributed by atoms with Gasteiger partial charge >= 0.3 is 5.97 Å². The highest BCUT2D eigenvalue weighted by Crippen LogP contribution is 2.47. The van der Waals surface area contributed by atoms with E-state index in [1.165, 1.54) is 11.1 Å². The summed E-state index contributed by atoms with van der Waals surface area (Å²) in [5, 5.41) is 0. The summed E-state index contributed by atoms with van der Waals surface area (Å²) in [6, 6.07) is 6.34. The summed E-state index contributed by atoms with van der Waals surface area (Å²) < 4.78 is 6.10. The normalized spacial score (nSPS) is 15.5. The predicted molar refractivity (Wildman–Crippen MR) is 121 cm³/mol. The lowest BCUT2D eigenvalue weighted by atomic mass is 9.62. The minimum atomic E-state index is -0.532. The van der Waals surface area contributed by atoms with Gasteiger partial charge in [0.1, 0.15) is 5.75 Å². The molecule has 0 N–H and O–H groups in total. The summed E-state index contributed by atoms with van der Waals surface area (Å²) >= 11 is 0. The van der Waals surface area contributed by atoms with Crippen LogP contribution in [0.4, 0.5) is 0 Å². The van der Waals surface area contributed by atoms with Crippen molar-refractivity contribution in [3.63, 3.8) is 0 Å². The Kier molecular flexibility index (Phi) is 7.25. The monoisotopic (exact) mass is 388 g/mol. The SMILES string of the molecule is CCC(C)(C)C(C)(CC(C)C)C(=O)Oc1cc(C(C)(C)C)cc(C(C)(C)C)c1. The highest BCUT2D eigenvalue weighted by atomic mass is 16.5. The number of hydrogen-bond donors (Lipinski definition) is 0. The van der Waals surface area contributed by atoms with Gasteiger partial charge in [0.25, 0.3) is 0 Å². The minimum absolute atomic E-state index is 0.00760. The molecule has 0 saturated carbocycles. The van der Waals surface area contributed by atoms with Gasteiger partial charge < -0.3 is 4.74 Å². The van der Waals surface area contributed by atoms with E-state index in [9.17, 15) is 4.79 Å². The molecule has 0 amide bonds. The molecule has 160 valence electrons. The molecule has 0 aliphatic rings. The summed E-state index contributed by atoms with van der Waals surface area (Å²) in [5.41, 5.74) is 1.71. The van der Waals surface area contributed by atoms with Crippen LogP contribution in [0.15, 0.2) is 18.2 Å². The molecule has 1 aromatic rings. The molecule has 0 saturated heterocycles. The smallest absolute Gasteiger partial charge is 0.317 e. The van der Waals surface area contributed by atoms with Crippen molar-refractivity contribution in [1.29, 1.82) is 0 Å². The third-order valence-corrected chi connectivity index (χ3v) is 6.49. The van der Waals surface area contributed by atoms with E-state index in [1.54, 1.807) is 0 Å². The highest BCUT2D eigenvalue weighted by molar-refractivity contribution is 5.80. The lowest BCUT2D eigenvalue weighted by molar-refractivity contribution is -0.154. The highest BCUT2D eigenvalue weighted by Gasteiger charge is 2.47. The molecule has 0 radical (unpaired) electrons. The first kappa shape index (κ1) is 24.7. The predicted octanol–water partition coefficient (Wildman–Crippen LogP) is 7.68. The first-order chi connectivity index (χ1) is 12.4. The molecule has 0 aromatic heterocycles. The maximum atomic E-state index is 13.5. The molecule has 1 rings (SSSR count). The largest absolute Gasteiger partial charge is 0.426 e. The van der Waals surface area contributed by atoms with Crippen LogP contribution in [-0.4, -0.2) is 5.97 Å². The molecule has 1 atom stereocenters. The molecule has 0 fully saturated rings. The summed E-state index contributed by atoms with van der Waals surface area (Å²) in [7, 11) is 0. The zero-order chi connectivity index (χ0) is 22.1. The molecule has 0 heterocycles. The fourth-order valence-corrected chi connectivity index (χ4v) is 3.59. The van der Waals surface area contributed by atoms with Crippen molar-refractivity contribution in [3.05, 3.63) is 29.3 Å². The van der Waals surface area contributed by atoms with Crippen molar-refractivity contribution in [2.24, 2.45) is 16.7 Å². The minimum Gasteiger partial charge on any atom is -0.426 e. The Bertz CT molecular complexity index is 651. The van der Waals surface area contributed by atoms with Gasteiger partial charge in [-0.1, -0.05) is 82.2 Å². The Balaban J connectivity index is 3.42. The van der Waals surface area contributed by atoms with E-state index >= 15 is 0 Å². The molecular weight excluding hydrogens is 344 g/mol. The van der Waals surface area contributed by atoms with Gasteiger partial charge in [-0.15, -0.1) is 0 Å². The van der Waals surface area contributed by atoms with E-state index in [4.69, 9.17) is 4.74 Å². The van der Waals surface area contributed by atoms with E-state index < -0.39 is 5.41 Å². The second-order valence-electron chi connectivity index (χ2n) is 11.8. The Morgan fingerprint density at radius 2 is 1.29 bits per heavy atom. The van der Waals surface area contributed by atoms with Crippen LogP contribution >= 0.6 is 0 Å². The number of esters is 1.